The number of nitrogens with zero attached hydrogens (tertiary/aromatic N) is 2. The summed E-state index contributed by atoms with van der Waals surface area (Å²) in [5, 5.41) is 9.94. The number of aromatic nitrogens is 2. The lowest BCUT2D eigenvalue weighted by Crippen LogP contribution is -2.48. The number of carbonyl (C=O) groups is 1. The van der Waals surface area contributed by atoms with Gasteiger partial charge in [0.1, 0.15) is 5.75 Å². The summed E-state index contributed by atoms with van der Waals surface area (Å²) in [6, 6.07) is 7.02. The van der Waals surface area contributed by atoms with Crippen molar-refractivity contribution >= 4 is 5.91 Å². The van der Waals surface area contributed by atoms with Gasteiger partial charge in [0.15, 0.2) is 6.61 Å². The van der Waals surface area contributed by atoms with Crippen LogP contribution in [0.1, 0.15) is 29.0 Å². The molecule has 2 aromatic rings. The molecule has 3 rings (SSSR count). The fraction of sp³-hybridized carbons (Fsp3) is 0.438. The van der Waals surface area contributed by atoms with Gasteiger partial charge in [-0.25, -0.2) is 0 Å². The van der Waals surface area contributed by atoms with Crippen molar-refractivity contribution in [3.63, 3.8) is 0 Å². The molecule has 0 radical (unpaired) electrons. The van der Waals surface area contributed by atoms with Crippen LogP contribution in [0, 0.1) is 5.92 Å². The van der Waals surface area contributed by atoms with Crippen LogP contribution in [0.25, 0.3) is 0 Å². The molecule has 0 aliphatic carbocycles. The molecule has 1 saturated heterocycles. The Morgan fingerprint density at radius 3 is 2.78 bits per heavy atom. The van der Waals surface area contributed by atoms with Gasteiger partial charge in [-0.1, -0.05) is 12.1 Å². The number of benzene rings is 1. The number of carbonyl (C=O) groups excluding carboxylic acids is 1. The minimum absolute atomic E-state index is 0.0609. The van der Waals surface area contributed by atoms with E-state index in [1.807, 2.05) is 6.92 Å². The first-order valence-electron chi connectivity index (χ1n) is 7.78. The van der Waals surface area contributed by atoms with Crippen LogP contribution >= 0.6 is 0 Å². The van der Waals surface area contributed by atoms with Crippen LogP contribution in [-0.4, -0.2) is 35.7 Å². The van der Waals surface area contributed by atoms with Gasteiger partial charge in [-0.3, -0.25) is 4.79 Å². The minimum atomic E-state index is -0.0609. The first kappa shape index (κ1) is 15.5. The van der Waals surface area contributed by atoms with Crippen molar-refractivity contribution in [3.05, 3.63) is 41.5 Å². The normalized spacial score (nSPS) is 14.3. The van der Waals surface area contributed by atoms with E-state index in [2.05, 4.69) is 20.8 Å². The van der Waals surface area contributed by atoms with Crippen molar-refractivity contribution in [3.8, 4) is 5.75 Å². The second kappa shape index (κ2) is 7.23. The number of aryl methyl sites for hydroxylation is 1. The van der Waals surface area contributed by atoms with Crippen LogP contribution in [0.4, 0.5) is 0 Å². The smallest absolute Gasteiger partial charge is 0.251 e. The number of amides is 1. The van der Waals surface area contributed by atoms with Gasteiger partial charge in [0.25, 0.3) is 5.91 Å². The van der Waals surface area contributed by atoms with Gasteiger partial charge in [-0.2, -0.15) is 4.98 Å². The molecule has 0 saturated carbocycles. The van der Waals surface area contributed by atoms with Gasteiger partial charge < -0.3 is 19.9 Å². The highest BCUT2D eigenvalue weighted by Crippen LogP contribution is 2.14. The third kappa shape index (κ3) is 4.07. The molecule has 1 amide bonds. The topological polar surface area (TPSA) is 89.3 Å². The standard InChI is InChI=1S/C16H20N4O3/c1-2-15-19-14(20-23-15)10-22-13-5-3-12(4-6-13)16(21)18-9-11-7-17-8-11/h3-6,11,17H,2,7-10H2,1H3,(H,18,21). The molecule has 0 bridgehead atoms. The molecule has 1 fully saturated rings. The van der Waals surface area contributed by atoms with Gasteiger partial charge in [-0.15, -0.1) is 0 Å². The van der Waals surface area contributed by atoms with Gasteiger partial charge in [0.05, 0.1) is 0 Å². The molecule has 1 aliphatic heterocycles. The third-order valence-corrected chi connectivity index (χ3v) is 3.71. The number of nitrogens with one attached hydrogen (secondary N) is 2. The number of hydrogen-bond acceptors (Lipinski definition) is 6. The van der Waals surface area contributed by atoms with E-state index < -0.39 is 0 Å². The minimum Gasteiger partial charge on any atom is -0.485 e. The Morgan fingerprint density at radius 2 is 2.17 bits per heavy atom. The summed E-state index contributed by atoms with van der Waals surface area (Å²) in [6.07, 6.45) is 0.702. The quantitative estimate of drug-likeness (QED) is 0.797. The maximum atomic E-state index is 12.0. The summed E-state index contributed by atoms with van der Waals surface area (Å²) < 4.78 is 10.6. The predicted molar refractivity (Wildman–Crippen MR) is 83.1 cm³/mol. The summed E-state index contributed by atoms with van der Waals surface area (Å²) in [5.74, 6) is 2.25. The second-order valence-corrected chi connectivity index (χ2v) is 5.51. The van der Waals surface area contributed by atoms with Crippen molar-refractivity contribution < 1.29 is 14.1 Å². The first-order chi connectivity index (χ1) is 11.2. The Hall–Kier alpha value is -2.41. The van der Waals surface area contributed by atoms with Gasteiger partial charge in [0.2, 0.25) is 11.7 Å². The SMILES string of the molecule is CCc1nc(COc2ccc(C(=O)NCC3CNC3)cc2)no1. The van der Waals surface area contributed by atoms with E-state index in [1.54, 1.807) is 24.3 Å². The lowest BCUT2D eigenvalue weighted by Gasteiger charge is -2.27. The van der Waals surface area contributed by atoms with Crippen LogP contribution in [0.5, 0.6) is 5.75 Å². The average Bonchev–Trinajstić information content (AvgIpc) is 3.00. The lowest BCUT2D eigenvalue weighted by atomic mass is 10.0. The van der Waals surface area contributed by atoms with Crippen molar-refractivity contribution in [2.75, 3.05) is 19.6 Å². The van der Waals surface area contributed by atoms with Crippen LogP contribution in [-0.2, 0) is 13.0 Å². The van der Waals surface area contributed by atoms with E-state index in [9.17, 15) is 4.79 Å². The number of rotatable bonds is 7. The molecular weight excluding hydrogens is 296 g/mol. The number of ether oxygens (including phenoxy) is 1. The van der Waals surface area contributed by atoms with Gasteiger partial charge >= 0.3 is 0 Å². The zero-order valence-electron chi connectivity index (χ0n) is 13.0. The molecule has 7 nitrogen and oxygen atoms in total. The molecule has 2 N–H and O–H groups in total. The molecule has 0 unspecified atom stereocenters. The maximum absolute atomic E-state index is 12.0. The molecule has 1 aromatic heterocycles. The summed E-state index contributed by atoms with van der Waals surface area (Å²) in [5.41, 5.74) is 0.623. The summed E-state index contributed by atoms with van der Waals surface area (Å²) >= 11 is 0. The molecule has 1 aliphatic rings. The fourth-order valence-corrected chi connectivity index (χ4v) is 2.17. The highest BCUT2D eigenvalue weighted by Gasteiger charge is 2.17. The van der Waals surface area contributed by atoms with Crippen LogP contribution in [0.2, 0.25) is 0 Å². The molecule has 23 heavy (non-hydrogen) atoms. The van der Waals surface area contributed by atoms with Crippen LogP contribution in [0.3, 0.4) is 0 Å². The van der Waals surface area contributed by atoms with Gasteiger partial charge in [-0.05, 0) is 24.3 Å². The van der Waals surface area contributed by atoms with E-state index >= 15 is 0 Å². The highest BCUT2D eigenvalue weighted by molar-refractivity contribution is 5.94. The Balaban J connectivity index is 1.48. The van der Waals surface area contributed by atoms with E-state index in [-0.39, 0.29) is 12.5 Å². The molecule has 1 aromatic carbocycles. The Bertz CT molecular complexity index is 650. The molecular formula is C16H20N4O3. The fourth-order valence-electron chi connectivity index (χ4n) is 2.17. The Morgan fingerprint density at radius 1 is 1.39 bits per heavy atom. The lowest BCUT2D eigenvalue weighted by molar-refractivity contribution is 0.0942. The Kier molecular flexibility index (Phi) is 4.87. The zero-order valence-corrected chi connectivity index (χ0v) is 13.0. The average molecular weight is 316 g/mol. The summed E-state index contributed by atoms with van der Waals surface area (Å²) in [4.78, 5) is 16.2. The van der Waals surface area contributed by atoms with E-state index in [4.69, 9.17) is 9.26 Å². The van der Waals surface area contributed by atoms with E-state index in [0.29, 0.717) is 41.9 Å². The second-order valence-electron chi connectivity index (χ2n) is 5.51. The van der Waals surface area contributed by atoms with Crippen LogP contribution in [0.15, 0.2) is 28.8 Å². The molecule has 2 heterocycles. The molecule has 0 spiro atoms. The van der Waals surface area contributed by atoms with Crippen molar-refractivity contribution in [1.82, 2.24) is 20.8 Å². The van der Waals surface area contributed by atoms with Crippen LogP contribution < -0.4 is 15.4 Å². The largest absolute Gasteiger partial charge is 0.485 e. The maximum Gasteiger partial charge on any atom is 0.251 e. The highest BCUT2D eigenvalue weighted by atomic mass is 16.5. The Labute approximate surface area is 134 Å². The molecule has 0 atom stereocenters. The van der Waals surface area contributed by atoms with Crippen molar-refractivity contribution in [2.24, 2.45) is 5.92 Å². The summed E-state index contributed by atoms with van der Waals surface area (Å²) in [6.45, 7) is 4.85. The first-order valence-corrected chi connectivity index (χ1v) is 7.78. The molecule has 7 heteroatoms. The molecule has 122 valence electrons. The van der Waals surface area contributed by atoms with Gasteiger partial charge in [0, 0.05) is 37.5 Å². The predicted octanol–water partition coefficient (Wildman–Crippen LogP) is 1.16. The van der Waals surface area contributed by atoms with E-state index in [0.717, 1.165) is 13.1 Å². The van der Waals surface area contributed by atoms with E-state index in [1.165, 1.54) is 0 Å². The monoisotopic (exact) mass is 316 g/mol. The van der Waals surface area contributed by atoms with Crippen molar-refractivity contribution in [1.29, 1.82) is 0 Å². The number of hydrogen-bond donors (Lipinski definition) is 2. The zero-order chi connectivity index (χ0) is 16.1. The summed E-state index contributed by atoms with van der Waals surface area (Å²) in [7, 11) is 0. The third-order valence-electron chi connectivity index (χ3n) is 3.71. The van der Waals surface area contributed by atoms with Crippen molar-refractivity contribution in [2.45, 2.75) is 20.0 Å².